The molecule has 0 atom stereocenters. The molecule has 0 spiro atoms. The van der Waals surface area contributed by atoms with E-state index in [2.05, 4.69) is 58.7 Å². The minimum atomic E-state index is -0.163. The van der Waals surface area contributed by atoms with E-state index in [1.54, 1.807) is 24.5 Å². The molecule has 5 heteroatoms. The molecular weight excluding hydrogens is 384 g/mol. The molecule has 0 radical (unpaired) electrons. The number of hydrogen-bond donors (Lipinski definition) is 2. The van der Waals surface area contributed by atoms with E-state index in [1.807, 2.05) is 36.4 Å². The first kappa shape index (κ1) is 20.3. The highest BCUT2D eigenvalue weighted by atomic mass is 16.1. The summed E-state index contributed by atoms with van der Waals surface area (Å²) in [6.45, 7) is 4.16. The van der Waals surface area contributed by atoms with Crippen LogP contribution in [0.2, 0.25) is 0 Å². The van der Waals surface area contributed by atoms with Gasteiger partial charge in [-0.3, -0.25) is 4.79 Å². The number of amides is 1. The highest BCUT2D eigenvalue weighted by Gasteiger charge is 2.08. The van der Waals surface area contributed by atoms with E-state index < -0.39 is 0 Å². The molecule has 0 aliphatic rings. The van der Waals surface area contributed by atoms with Crippen molar-refractivity contribution in [1.29, 1.82) is 0 Å². The van der Waals surface area contributed by atoms with Crippen LogP contribution in [0.15, 0.2) is 85.2 Å². The van der Waals surface area contributed by atoms with Crippen molar-refractivity contribution in [2.45, 2.75) is 20.3 Å². The van der Waals surface area contributed by atoms with Crippen LogP contribution in [0.3, 0.4) is 0 Å². The van der Waals surface area contributed by atoms with Crippen LogP contribution in [0.25, 0.3) is 11.1 Å². The van der Waals surface area contributed by atoms with Crippen LogP contribution in [0.4, 0.5) is 17.3 Å². The van der Waals surface area contributed by atoms with Gasteiger partial charge >= 0.3 is 0 Å². The summed E-state index contributed by atoms with van der Waals surface area (Å²) in [5, 5.41) is 6.10. The smallest absolute Gasteiger partial charge is 0.255 e. The third kappa shape index (κ3) is 5.14. The zero-order valence-corrected chi connectivity index (χ0v) is 17.6. The molecule has 0 aliphatic heterocycles. The maximum atomic E-state index is 12.6. The number of anilines is 3. The van der Waals surface area contributed by atoms with E-state index in [4.69, 9.17) is 0 Å². The van der Waals surface area contributed by atoms with E-state index in [0.29, 0.717) is 11.5 Å². The fourth-order valence-corrected chi connectivity index (χ4v) is 3.18. The number of hydrogen-bond acceptors (Lipinski definition) is 4. The minimum absolute atomic E-state index is 0.163. The fourth-order valence-electron chi connectivity index (χ4n) is 3.18. The van der Waals surface area contributed by atoms with Gasteiger partial charge in [0.1, 0.15) is 0 Å². The zero-order chi connectivity index (χ0) is 21.6. The summed E-state index contributed by atoms with van der Waals surface area (Å²) in [6.07, 6.45) is 4.54. The lowest BCUT2D eigenvalue weighted by Gasteiger charge is -2.09. The Morgan fingerprint density at radius 1 is 0.839 bits per heavy atom. The predicted octanol–water partition coefficient (Wildman–Crippen LogP) is 6.01. The molecule has 0 saturated heterocycles. The second-order valence-corrected chi connectivity index (χ2v) is 7.37. The third-order valence-electron chi connectivity index (χ3n) is 5.04. The second-order valence-electron chi connectivity index (χ2n) is 7.37. The molecule has 0 fully saturated rings. The van der Waals surface area contributed by atoms with Crippen molar-refractivity contribution < 1.29 is 4.79 Å². The topological polar surface area (TPSA) is 66.9 Å². The molecule has 1 heterocycles. The highest BCUT2D eigenvalue weighted by Crippen LogP contribution is 2.21. The minimum Gasteiger partial charge on any atom is -0.324 e. The molecule has 4 aromatic rings. The number of nitrogens with one attached hydrogen (secondary N) is 2. The van der Waals surface area contributed by atoms with Crippen LogP contribution in [0.1, 0.15) is 28.4 Å². The first-order chi connectivity index (χ1) is 15.1. The molecule has 0 unspecified atom stereocenters. The lowest BCUT2D eigenvalue weighted by Crippen LogP contribution is -2.12. The lowest BCUT2D eigenvalue weighted by atomic mass is 10.1. The summed E-state index contributed by atoms with van der Waals surface area (Å²) in [4.78, 5) is 21.4. The highest BCUT2D eigenvalue weighted by molar-refractivity contribution is 6.04. The Balaban J connectivity index is 1.44. The number of aromatic nitrogens is 2. The summed E-state index contributed by atoms with van der Waals surface area (Å²) in [6, 6.07) is 23.4. The van der Waals surface area contributed by atoms with Gasteiger partial charge in [-0.05, 0) is 54.8 Å². The molecule has 3 aromatic carbocycles. The van der Waals surface area contributed by atoms with E-state index in [-0.39, 0.29) is 5.91 Å². The second kappa shape index (κ2) is 9.22. The van der Waals surface area contributed by atoms with Gasteiger partial charge < -0.3 is 10.6 Å². The van der Waals surface area contributed by atoms with Crippen molar-refractivity contribution in [3.63, 3.8) is 0 Å². The zero-order valence-electron chi connectivity index (χ0n) is 17.6. The monoisotopic (exact) mass is 408 g/mol. The molecule has 1 aromatic heterocycles. The Morgan fingerprint density at radius 3 is 2.23 bits per heavy atom. The third-order valence-corrected chi connectivity index (χ3v) is 5.04. The van der Waals surface area contributed by atoms with Gasteiger partial charge in [0.25, 0.3) is 5.91 Å². The van der Waals surface area contributed by atoms with E-state index in [1.165, 1.54) is 11.1 Å². The molecule has 1 amide bonds. The largest absolute Gasteiger partial charge is 0.324 e. The molecule has 0 aliphatic carbocycles. The fraction of sp³-hybridized carbons (Fsp3) is 0.115. The Kier molecular flexibility index (Phi) is 6.03. The summed E-state index contributed by atoms with van der Waals surface area (Å²) in [5.74, 6) is 0.312. The first-order valence-electron chi connectivity index (χ1n) is 10.3. The maximum absolute atomic E-state index is 12.6. The average molecular weight is 409 g/mol. The van der Waals surface area contributed by atoms with Gasteiger partial charge in [0.2, 0.25) is 5.95 Å². The van der Waals surface area contributed by atoms with Crippen LogP contribution >= 0.6 is 0 Å². The SMILES string of the molecule is CCc1ccc(NC(=O)c2cccc(Nc3ncc(-c4ccc(C)cc4)cn3)c2)cc1. The van der Waals surface area contributed by atoms with Crippen LogP contribution < -0.4 is 10.6 Å². The van der Waals surface area contributed by atoms with Crippen molar-refractivity contribution >= 4 is 23.2 Å². The lowest BCUT2D eigenvalue weighted by molar-refractivity contribution is 0.102. The number of rotatable bonds is 6. The van der Waals surface area contributed by atoms with E-state index in [9.17, 15) is 4.79 Å². The summed E-state index contributed by atoms with van der Waals surface area (Å²) >= 11 is 0. The molecule has 4 rings (SSSR count). The van der Waals surface area contributed by atoms with Crippen molar-refractivity contribution in [2.75, 3.05) is 10.6 Å². The molecule has 5 nitrogen and oxygen atoms in total. The van der Waals surface area contributed by atoms with Crippen LogP contribution in [-0.4, -0.2) is 15.9 Å². The molecule has 31 heavy (non-hydrogen) atoms. The van der Waals surface area contributed by atoms with Crippen LogP contribution in [0, 0.1) is 6.92 Å². The Hall–Kier alpha value is -3.99. The Labute approximate surface area is 182 Å². The standard InChI is InChI=1S/C26H24N4O/c1-3-19-9-13-23(14-10-19)29-25(31)21-5-4-6-24(15-21)30-26-27-16-22(17-28-26)20-11-7-18(2)8-12-20/h4-17H,3H2,1-2H3,(H,29,31)(H,27,28,30). The average Bonchev–Trinajstić information content (AvgIpc) is 2.81. The number of carbonyl (C=O) groups is 1. The van der Waals surface area contributed by atoms with E-state index >= 15 is 0 Å². The molecule has 0 bridgehead atoms. The van der Waals surface area contributed by atoms with Crippen molar-refractivity contribution in [1.82, 2.24) is 9.97 Å². The number of aryl methyl sites for hydroxylation is 2. The number of carbonyl (C=O) groups excluding carboxylic acids is 1. The number of benzene rings is 3. The van der Waals surface area contributed by atoms with Gasteiger partial charge in [0.15, 0.2) is 0 Å². The van der Waals surface area contributed by atoms with Gasteiger partial charge in [-0.1, -0.05) is 55.0 Å². The molecule has 0 saturated carbocycles. The summed E-state index contributed by atoms with van der Waals surface area (Å²) in [7, 11) is 0. The van der Waals surface area contributed by atoms with Gasteiger partial charge in [-0.2, -0.15) is 0 Å². The van der Waals surface area contributed by atoms with E-state index in [0.717, 1.165) is 28.9 Å². The molecule has 154 valence electrons. The van der Waals surface area contributed by atoms with Gasteiger partial charge in [-0.25, -0.2) is 9.97 Å². The first-order valence-corrected chi connectivity index (χ1v) is 10.3. The van der Waals surface area contributed by atoms with Crippen LogP contribution in [-0.2, 0) is 6.42 Å². The van der Waals surface area contributed by atoms with Crippen molar-refractivity contribution in [2.24, 2.45) is 0 Å². The maximum Gasteiger partial charge on any atom is 0.255 e. The summed E-state index contributed by atoms with van der Waals surface area (Å²) < 4.78 is 0. The van der Waals surface area contributed by atoms with Crippen molar-refractivity contribution in [3.8, 4) is 11.1 Å². The van der Waals surface area contributed by atoms with Gasteiger partial charge in [-0.15, -0.1) is 0 Å². The molecular formula is C26H24N4O. The quantitative estimate of drug-likeness (QED) is 0.410. The van der Waals surface area contributed by atoms with Gasteiger partial charge in [0.05, 0.1) is 0 Å². The summed E-state index contributed by atoms with van der Waals surface area (Å²) in [5.41, 5.74) is 6.55. The Morgan fingerprint density at radius 2 is 1.55 bits per heavy atom. The predicted molar refractivity (Wildman–Crippen MR) is 126 cm³/mol. The van der Waals surface area contributed by atoms with Gasteiger partial charge in [0, 0.05) is 34.9 Å². The Bertz CT molecular complexity index is 1170. The molecule has 2 N–H and O–H groups in total. The number of nitrogens with zero attached hydrogens (tertiary/aromatic N) is 2. The normalized spacial score (nSPS) is 10.5. The van der Waals surface area contributed by atoms with Crippen molar-refractivity contribution in [3.05, 3.63) is 102 Å². The van der Waals surface area contributed by atoms with Crippen LogP contribution in [0.5, 0.6) is 0 Å².